The van der Waals surface area contributed by atoms with Gasteiger partial charge in [0.1, 0.15) is 0 Å². The van der Waals surface area contributed by atoms with Gasteiger partial charge in [-0.2, -0.15) is 5.10 Å². The average molecular weight is 359 g/mol. The minimum absolute atomic E-state index is 0.00217. The predicted octanol–water partition coefficient (Wildman–Crippen LogP) is 2.68. The zero-order valence-electron chi connectivity index (χ0n) is 14.7. The Morgan fingerprint density at radius 3 is 2.76 bits per heavy atom. The summed E-state index contributed by atoms with van der Waals surface area (Å²) in [6.45, 7) is 7.54. The predicted molar refractivity (Wildman–Crippen MR) is 95.9 cm³/mol. The molecular formula is C17H21N5O2S. The van der Waals surface area contributed by atoms with Gasteiger partial charge in [0.25, 0.3) is 0 Å². The summed E-state index contributed by atoms with van der Waals surface area (Å²) < 4.78 is 3.70. The first-order valence-corrected chi connectivity index (χ1v) is 8.99. The molecule has 3 aromatic heterocycles. The van der Waals surface area contributed by atoms with Gasteiger partial charge in [-0.1, -0.05) is 0 Å². The van der Waals surface area contributed by atoms with Crippen molar-refractivity contribution in [2.45, 2.75) is 46.7 Å². The maximum atomic E-state index is 12.2. The van der Waals surface area contributed by atoms with Crippen molar-refractivity contribution in [2.75, 3.05) is 0 Å². The molecule has 0 aliphatic heterocycles. The highest BCUT2D eigenvalue weighted by atomic mass is 32.1. The Bertz CT molecular complexity index is 908. The summed E-state index contributed by atoms with van der Waals surface area (Å²) in [7, 11) is 0. The zero-order valence-corrected chi connectivity index (χ0v) is 15.6. The summed E-state index contributed by atoms with van der Waals surface area (Å²) in [5.41, 5.74) is 2.98. The van der Waals surface area contributed by atoms with E-state index in [2.05, 4.69) is 15.4 Å². The van der Waals surface area contributed by atoms with E-state index in [-0.39, 0.29) is 17.7 Å². The van der Waals surface area contributed by atoms with Crippen LogP contribution in [0, 0.1) is 13.8 Å². The van der Waals surface area contributed by atoms with Crippen molar-refractivity contribution in [3.63, 3.8) is 0 Å². The second-order valence-electron chi connectivity index (χ2n) is 6.20. The van der Waals surface area contributed by atoms with E-state index in [1.165, 1.54) is 6.92 Å². The van der Waals surface area contributed by atoms with Crippen molar-refractivity contribution >= 4 is 28.0 Å². The fourth-order valence-electron chi connectivity index (χ4n) is 3.08. The standard InChI is InChI=1S/C17H21N5O2S/c1-10(22-12(3)16(13(4)23)11(2)20-22)7-15(24)18-8-14-9-21-5-6-25-17(21)19-14/h5-6,9-10H,7-8H2,1-4H3,(H,18,24). The van der Waals surface area contributed by atoms with Gasteiger partial charge in [-0.25, -0.2) is 4.98 Å². The molecule has 0 aliphatic rings. The van der Waals surface area contributed by atoms with Crippen molar-refractivity contribution in [1.29, 1.82) is 0 Å². The Morgan fingerprint density at radius 2 is 2.12 bits per heavy atom. The van der Waals surface area contributed by atoms with Crippen LogP contribution in [0.3, 0.4) is 0 Å². The number of aromatic nitrogens is 4. The molecule has 7 nitrogen and oxygen atoms in total. The fourth-order valence-corrected chi connectivity index (χ4v) is 3.80. The minimum Gasteiger partial charge on any atom is -0.350 e. The quantitative estimate of drug-likeness (QED) is 0.686. The molecule has 3 heterocycles. The van der Waals surface area contributed by atoms with Crippen LogP contribution in [-0.4, -0.2) is 30.9 Å². The Kier molecular flexibility index (Phi) is 4.71. The van der Waals surface area contributed by atoms with E-state index in [0.717, 1.165) is 16.3 Å². The topological polar surface area (TPSA) is 81.3 Å². The first kappa shape index (κ1) is 17.3. The SMILES string of the molecule is CC(=O)c1c(C)nn(C(C)CC(=O)NCc2cn3ccsc3n2)c1C. The smallest absolute Gasteiger partial charge is 0.222 e. The minimum atomic E-state index is -0.128. The molecule has 3 aromatic rings. The average Bonchev–Trinajstić information content (AvgIpc) is 3.18. The molecule has 25 heavy (non-hydrogen) atoms. The summed E-state index contributed by atoms with van der Waals surface area (Å²) >= 11 is 1.56. The Balaban J connectivity index is 1.61. The van der Waals surface area contributed by atoms with E-state index in [0.29, 0.717) is 24.2 Å². The molecule has 0 saturated heterocycles. The zero-order chi connectivity index (χ0) is 18.1. The number of nitrogens with one attached hydrogen (secondary N) is 1. The molecule has 1 amide bonds. The number of thiazole rings is 1. The molecule has 0 bridgehead atoms. The Hall–Kier alpha value is -2.48. The van der Waals surface area contributed by atoms with E-state index in [1.807, 2.05) is 42.9 Å². The molecule has 0 saturated carbocycles. The normalized spacial score (nSPS) is 12.5. The molecule has 0 radical (unpaired) electrons. The molecule has 1 atom stereocenters. The van der Waals surface area contributed by atoms with Gasteiger partial charge in [0.2, 0.25) is 5.91 Å². The third-order valence-corrected chi connectivity index (χ3v) is 4.96. The number of hydrogen-bond donors (Lipinski definition) is 1. The molecule has 8 heteroatoms. The molecule has 0 aromatic carbocycles. The number of fused-ring (bicyclic) bond motifs is 1. The highest BCUT2D eigenvalue weighted by molar-refractivity contribution is 7.15. The first-order chi connectivity index (χ1) is 11.9. The largest absolute Gasteiger partial charge is 0.350 e. The van der Waals surface area contributed by atoms with Crippen molar-refractivity contribution in [3.8, 4) is 0 Å². The van der Waals surface area contributed by atoms with Crippen LogP contribution in [0.15, 0.2) is 17.8 Å². The van der Waals surface area contributed by atoms with Gasteiger partial charge >= 0.3 is 0 Å². The lowest BCUT2D eigenvalue weighted by Crippen LogP contribution is -2.26. The number of carbonyl (C=O) groups is 2. The number of hydrogen-bond acceptors (Lipinski definition) is 5. The van der Waals surface area contributed by atoms with Crippen molar-refractivity contribution < 1.29 is 9.59 Å². The van der Waals surface area contributed by atoms with Gasteiger partial charge < -0.3 is 5.32 Å². The van der Waals surface area contributed by atoms with E-state index in [9.17, 15) is 9.59 Å². The highest BCUT2D eigenvalue weighted by Crippen LogP contribution is 2.20. The molecule has 0 aliphatic carbocycles. The number of nitrogens with zero attached hydrogens (tertiary/aromatic N) is 4. The number of imidazole rings is 1. The van der Waals surface area contributed by atoms with Gasteiger partial charge in [0.05, 0.1) is 29.5 Å². The third-order valence-electron chi connectivity index (χ3n) is 4.19. The number of amides is 1. The molecular weight excluding hydrogens is 338 g/mol. The van der Waals surface area contributed by atoms with Crippen LogP contribution < -0.4 is 5.32 Å². The van der Waals surface area contributed by atoms with Crippen LogP contribution in [0.4, 0.5) is 0 Å². The summed E-state index contributed by atoms with van der Waals surface area (Å²) in [6, 6.07) is -0.128. The van der Waals surface area contributed by atoms with Gasteiger partial charge in [-0.05, 0) is 27.7 Å². The Morgan fingerprint density at radius 1 is 1.36 bits per heavy atom. The lowest BCUT2D eigenvalue weighted by molar-refractivity contribution is -0.122. The van der Waals surface area contributed by atoms with Crippen LogP contribution >= 0.6 is 11.3 Å². The lowest BCUT2D eigenvalue weighted by atomic mass is 10.1. The third kappa shape index (κ3) is 3.48. The van der Waals surface area contributed by atoms with Crippen molar-refractivity contribution in [1.82, 2.24) is 24.5 Å². The lowest BCUT2D eigenvalue weighted by Gasteiger charge is -2.14. The monoisotopic (exact) mass is 359 g/mol. The summed E-state index contributed by atoms with van der Waals surface area (Å²) in [6.07, 6.45) is 4.15. The Labute approximate surface area is 149 Å². The van der Waals surface area contributed by atoms with E-state index in [4.69, 9.17) is 0 Å². The number of carbonyl (C=O) groups excluding carboxylic acids is 2. The number of rotatable bonds is 6. The van der Waals surface area contributed by atoms with Crippen LogP contribution in [0.1, 0.15) is 53.7 Å². The molecule has 0 spiro atoms. The van der Waals surface area contributed by atoms with Crippen molar-refractivity contribution in [3.05, 3.63) is 40.4 Å². The summed E-state index contributed by atoms with van der Waals surface area (Å²) in [4.78, 5) is 29.3. The van der Waals surface area contributed by atoms with Crippen LogP contribution in [0.25, 0.3) is 4.96 Å². The highest BCUT2D eigenvalue weighted by Gasteiger charge is 2.20. The van der Waals surface area contributed by atoms with E-state index >= 15 is 0 Å². The summed E-state index contributed by atoms with van der Waals surface area (Å²) in [5.74, 6) is -0.0709. The van der Waals surface area contributed by atoms with Gasteiger partial charge in [0.15, 0.2) is 10.7 Å². The fraction of sp³-hybridized carbons (Fsp3) is 0.412. The van der Waals surface area contributed by atoms with Gasteiger partial charge in [0, 0.05) is 29.9 Å². The first-order valence-electron chi connectivity index (χ1n) is 8.11. The number of Topliss-reactive ketones (excluding diaryl/α,β-unsaturated/α-hetero) is 1. The molecule has 132 valence electrons. The maximum absolute atomic E-state index is 12.2. The van der Waals surface area contributed by atoms with Gasteiger partial charge in [-0.3, -0.25) is 18.7 Å². The van der Waals surface area contributed by atoms with E-state index in [1.54, 1.807) is 16.0 Å². The summed E-state index contributed by atoms with van der Waals surface area (Å²) in [5, 5.41) is 9.29. The van der Waals surface area contributed by atoms with E-state index < -0.39 is 0 Å². The van der Waals surface area contributed by atoms with Gasteiger partial charge in [-0.15, -0.1) is 11.3 Å². The molecule has 0 fully saturated rings. The maximum Gasteiger partial charge on any atom is 0.222 e. The molecule has 1 unspecified atom stereocenters. The molecule has 3 rings (SSSR count). The molecule has 1 N–H and O–H groups in total. The van der Waals surface area contributed by atoms with Crippen molar-refractivity contribution in [2.24, 2.45) is 0 Å². The number of aryl methyl sites for hydroxylation is 1. The van der Waals surface area contributed by atoms with Crippen LogP contribution in [0.5, 0.6) is 0 Å². The second-order valence-corrected chi connectivity index (χ2v) is 7.07. The van der Waals surface area contributed by atoms with Crippen LogP contribution in [0.2, 0.25) is 0 Å². The second kappa shape index (κ2) is 6.79. The van der Waals surface area contributed by atoms with Crippen LogP contribution in [-0.2, 0) is 11.3 Å². The number of ketones is 1.